The highest BCUT2D eigenvalue weighted by Gasteiger charge is 2.10. The normalized spacial score (nSPS) is 10.8. The van der Waals surface area contributed by atoms with Gasteiger partial charge in [-0.2, -0.15) is 0 Å². The molecule has 130 valence electrons. The van der Waals surface area contributed by atoms with Crippen LogP contribution in [0.4, 0.5) is 5.13 Å². The Bertz CT molecular complexity index is 1020. The third-order valence-electron chi connectivity index (χ3n) is 4.13. The lowest BCUT2D eigenvalue weighted by molar-refractivity contribution is 0.304. The first-order valence-electron chi connectivity index (χ1n) is 8.31. The van der Waals surface area contributed by atoms with Gasteiger partial charge in [0.1, 0.15) is 12.4 Å². The molecule has 0 spiro atoms. The minimum absolute atomic E-state index is 0.475. The summed E-state index contributed by atoms with van der Waals surface area (Å²) in [5, 5.41) is 9.34. The van der Waals surface area contributed by atoms with Gasteiger partial charge < -0.3 is 10.1 Å². The minimum atomic E-state index is 0.475. The van der Waals surface area contributed by atoms with E-state index < -0.39 is 0 Å². The maximum absolute atomic E-state index is 6.14. The fraction of sp³-hybridized carbons (Fsp3) is 0.0952. The quantitative estimate of drug-likeness (QED) is 0.436. The van der Waals surface area contributed by atoms with Gasteiger partial charge in [-0.25, -0.2) is 4.98 Å². The highest BCUT2D eigenvalue weighted by Crippen LogP contribution is 2.30. The molecule has 1 N–H and O–H groups in total. The fourth-order valence-electron chi connectivity index (χ4n) is 2.90. The number of benzene rings is 3. The van der Waals surface area contributed by atoms with Crippen molar-refractivity contribution in [1.29, 1.82) is 0 Å². The van der Waals surface area contributed by atoms with Gasteiger partial charge in [-0.05, 0) is 34.5 Å². The first-order valence-corrected chi connectivity index (χ1v) is 9.56. The van der Waals surface area contributed by atoms with Crippen molar-refractivity contribution in [1.82, 2.24) is 4.98 Å². The second-order valence-corrected chi connectivity index (χ2v) is 7.20. The van der Waals surface area contributed by atoms with Crippen LogP contribution in [0.2, 0.25) is 5.02 Å². The standard InChI is InChI=1S/C21H17ClN2OS/c22-17-6-3-4-15(12-17)14-25-20-9-8-16-5-1-2-7-18(16)19(20)13-24-21-23-10-11-26-21/h1-12H,13-14H2,(H,23,24). The molecule has 0 atom stereocenters. The summed E-state index contributed by atoms with van der Waals surface area (Å²) in [7, 11) is 0. The molecule has 0 bridgehead atoms. The lowest BCUT2D eigenvalue weighted by Crippen LogP contribution is -2.04. The summed E-state index contributed by atoms with van der Waals surface area (Å²) in [5.74, 6) is 0.868. The van der Waals surface area contributed by atoms with E-state index >= 15 is 0 Å². The number of thiazole rings is 1. The maximum atomic E-state index is 6.14. The SMILES string of the molecule is Clc1cccc(COc2ccc3ccccc3c2CNc2nccs2)c1. The molecule has 5 heteroatoms. The fourth-order valence-corrected chi connectivity index (χ4v) is 3.64. The number of ether oxygens (including phenoxy) is 1. The molecule has 4 aromatic rings. The molecule has 0 saturated carbocycles. The first kappa shape index (κ1) is 16.9. The molecular weight excluding hydrogens is 364 g/mol. The zero-order valence-electron chi connectivity index (χ0n) is 14.0. The number of aromatic nitrogens is 1. The van der Waals surface area contributed by atoms with Crippen LogP contribution in [-0.2, 0) is 13.2 Å². The second kappa shape index (κ2) is 7.77. The van der Waals surface area contributed by atoms with E-state index in [1.165, 1.54) is 10.8 Å². The maximum Gasteiger partial charge on any atom is 0.182 e. The second-order valence-electron chi connectivity index (χ2n) is 5.87. The van der Waals surface area contributed by atoms with Crippen LogP contribution in [-0.4, -0.2) is 4.98 Å². The van der Waals surface area contributed by atoms with Crippen LogP contribution in [0.15, 0.2) is 72.2 Å². The van der Waals surface area contributed by atoms with Gasteiger partial charge in [0.25, 0.3) is 0 Å². The van der Waals surface area contributed by atoms with Gasteiger partial charge in [0.2, 0.25) is 0 Å². The Hall–Kier alpha value is -2.56. The number of halogens is 1. The highest BCUT2D eigenvalue weighted by atomic mass is 35.5. The van der Waals surface area contributed by atoms with E-state index in [-0.39, 0.29) is 0 Å². The smallest absolute Gasteiger partial charge is 0.182 e. The Labute approximate surface area is 161 Å². The summed E-state index contributed by atoms with van der Waals surface area (Å²) < 4.78 is 6.14. The summed E-state index contributed by atoms with van der Waals surface area (Å²) in [6.07, 6.45) is 1.80. The lowest BCUT2D eigenvalue weighted by atomic mass is 10.0. The van der Waals surface area contributed by atoms with Crippen molar-refractivity contribution in [3.05, 3.63) is 88.4 Å². The number of fused-ring (bicyclic) bond motifs is 1. The monoisotopic (exact) mass is 380 g/mol. The predicted octanol–water partition coefficient (Wildman–Crippen LogP) is 6.14. The van der Waals surface area contributed by atoms with Crippen LogP contribution in [0.3, 0.4) is 0 Å². The van der Waals surface area contributed by atoms with Gasteiger partial charge >= 0.3 is 0 Å². The molecule has 0 aliphatic carbocycles. The Morgan fingerprint density at radius 3 is 2.81 bits per heavy atom. The summed E-state index contributed by atoms with van der Waals surface area (Å²) in [4.78, 5) is 4.30. The Morgan fingerprint density at radius 2 is 1.96 bits per heavy atom. The third kappa shape index (κ3) is 3.82. The van der Waals surface area contributed by atoms with Crippen molar-refractivity contribution in [3.63, 3.8) is 0 Å². The summed E-state index contributed by atoms with van der Waals surface area (Å²) >= 11 is 7.66. The number of rotatable bonds is 6. The summed E-state index contributed by atoms with van der Waals surface area (Å²) in [6, 6.07) is 20.2. The molecule has 0 amide bonds. The number of hydrogen-bond acceptors (Lipinski definition) is 4. The van der Waals surface area contributed by atoms with Gasteiger partial charge in [-0.15, -0.1) is 11.3 Å². The molecule has 26 heavy (non-hydrogen) atoms. The van der Waals surface area contributed by atoms with Crippen molar-refractivity contribution in [3.8, 4) is 5.75 Å². The van der Waals surface area contributed by atoms with Crippen molar-refractivity contribution >= 4 is 38.8 Å². The molecule has 0 unspecified atom stereocenters. The number of nitrogens with one attached hydrogen (secondary N) is 1. The number of hydrogen-bond donors (Lipinski definition) is 1. The van der Waals surface area contributed by atoms with Crippen LogP contribution in [0.1, 0.15) is 11.1 Å². The van der Waals surface area contributed by atoms with Crippen LogP contribution in [0.25, 0.3) is 10.8 Å². The first-order chi connectivity index (χ1) is 12.8. The molecule has 3 nitrogen and oxygen atoms in total. The molecule has 3 aromatic carbocycles. The summed E-state index contributed by atoms with van der Waals surface area (Å²) in [5.41, 5.74) is 2.17. The van der Waals surface area contributed by atoms with E-state index in [4.69, 9.17) is 16.3 Å². The highest BCUT2D eigenvalue weighted by molar-refractivity contribution is 7.13. The zero-order chi connectivity index (χ0) is 17.8. The number of anilines is 1. The molecule has 0 fully saturated rings. The molecule has 4 rings (SSSR count). The van der Waals surface area contributed by atoms with Gasteiger partial charge in [0.05, 0.1) is 0 Å². The van der Waals surface area contributed by atoms with Crippen molar-refractivity contribution in [2.24, 2.45) is 0 Å². The Morgan fingerprint density at radius 1 is 1.04 bits per heavy atom. The topological polar surface area (TPSA) is 34.1 Å². The van der Waals surface area contributed by atoms with Gasteiger partial charge in [-0.1, -0.05) is 54.1 Å². The van der Waals surface area contributed by atoms with E-state index in [0.717, 1.165) is 27.0 Å². The molecule has 0 saturated heterocycles. The largest absolute Gasteiger partial charge is 0.489 e. The molecule has 0 aliphatic rings. The molecule has 0 aliphatic heterocycles. The predicted molar refractivity (Wildman–Crippen MR) is 109 cm³/mol. The van der Waals surface area contributed by atoms with Crippen LogP contribution < -0.4 is 10.1 Å². The van der Waals surface area contributed by atoms with Crippen molar-refractivity contribution in [2.75, 3.05) is 5.32 Å². The van der Waals surface area contributed by atoms with Crippen molar-refractivity contribution < 1.29 is 4.74 Å². The van der Waals surface area contributed by atoms with E-state index in [2.05, 4.69) is 34.6 Å². The Kier molecular flexibility index (Phi) is 5.04. The van der Waals surface area contributed by atoms with Gasteiger partial charge in [-0.3, -0.25) is 0 Å². The van der Waals surface area contributed by atoms with E-state index in [9.17, 15) is 0 Å². The van der Waals surface area contributed by atoms with E-state index in [1.807, 2.05) is 41.8 Å². The van der Waals surface area contributed by atoms with Crippen LogP contribution in [0, 0.1) is 0 Å². The van der Waals surface area contributed by atoms with Gasteiger partial charge in [0.15, 0.2) is 5.13 Å². The third-order valence-corrected chi connectivity index (χ3v) is 5.10. The average molecular weight is 381 g/mol. The average Bonchev–Trinajstić information content (AvgIpc) is 3.18. The molecule has 1 heterocycles. The van der Waals surface area contributed by atoms with Gasteiger partial charge in [0, 0.05) is 28.7 Å². The van der Waals surface area contributed by atoms with E-state index in [0.29, 0.717) is 13.2 Å². The van der Waals surface area contributed by atoms with Crippen LogP contribution >= 0.6 is 22.9 Å². The van der Waals surface area contributed by atoms with Crippen LogP contribution in [0.5, 0.6) is 5.75 Å². The number of nitrogens with zero attached hydrogens (tertiary/aromatic N) is 1. The summed E-state index contributed by atoms with van der Waals surface area (Å²) in [6.45, 7) is 1.13. The van der Waals surface area contributed by atoms with E-state index in [1.54, 1.807) is 17.5 Å². The minimum Gasteiger partial charge on any atom is -0.489 e. The molecule has 0 radical (unpaired) electrons. The zero-order valence-corrected chi connectivity index (χ0v) is 15.6. The molecular formula is C21H17ClN2OS. The Balaban J connectivity index is 1.63. The molecule has 1 aromatic heterocycles. The van der Waals surface area contributed by atoms with Crippen molar-refractivity contribution in [2.45, 2.75) is 13.2 Å². The lowest BCUT2D eigenvalue weighted by Gasteiger charge is -2.15.